The number of aromatic nitrogens is 2. The largest absolute Gasteiger partial charge is 0.457 e. The normalized spacial score (nSPS) is 14.8. The first kappa shape index (κ1) is 29.6. The maximum Gasteiger partial charge on any atom is 0.332 e. The van der Waals surface area contributed by atoms with E-state index in [4.69, 9.17) is 4.74 Å². The van der Waals surface area contributed by atoms with Gasteiger partial charge < -0.3 is 15.4 Å². The molecule has 0 bridgehead atoms. The lowest BCUT2D eigenvalue weighted by Crippen LogP contribution is -2.35. The van der Waals surface area contributed by atoms with Crippen LogP contribution in [0, 0.1) is 5.82 Å². The number of anilines is 4. The summed E-state index contributed by atoms with van der Waals surface area (Å²) < 4.78 is 20.2. The number of amides is 3. The average Bonchev–Trinajstić information content (AvgIpc) is 3.42. The molecule has 12 heteroatoms. The van der Waals surface area contributed by atoms with Crippen LogP contribution in [0.3, 0.4) is 0 Å². The van der Waals surface area contributed by atoms with Crippen molar-refractivity contribution >= 4 is 79.0 Å². The zero-order chi connectivity index (χ0) is 30.9. The van der Waals surface area contributed by atoms with Gasteiger partial charge in [-0.3, -0.25) is 9.69 Å². The summed E-state index contributed by atoms with van der Waals surface area (Å²) in [6.07, 6.45) is 5.18. The number of alkyl halides is 1. The molecule has 0 unspecified atom stereocenters. The van der Waals surface area contributed by atoms with Gasteiger partial charge in [0.2, 0.25) is 0 Å². The minimum atomic E-state index is -0.449. The van der Waals surface area contributed by atoms with Crippen molar-refractivity contribution in [1.29, 1.82) is 0 Å². The first-order valence-corrected chi connectivity index (χ1v) is 16.9. The smallest absolute Gasteiger partial charge is 0.332 e. The fourth-order valence-electron chi connectivity index (χ4n) is 5.69. The van der Waals surface area contributed by atoms with Crippen molar-refractivity contribution in [2.75, 3.05) is 28.6 Å². The molecular formula is C33H28FIN6O3S. The van der Waals surface area contributed by atoms with E-state index in [1.807, 2.05) is 30.3 Å². The summed E-state index contributed by atoms with van der Waals surface area (Å²) >= 11 is 3.42. The van der Waals surface area contributed by atoms with Crippen LogP contribution in [0.15, 0.2) is 73.1 Å². The minimum Gasteiger partial charge on any atom is -0.457 e. The minimum absolute atomic E-state index is 0.331. The topological polar surface area (TPSA) is 99.7 Å². The van der Waals surface area contributed by atoms with Gasteiger partial charge in [0.25, 0.3) is 5.91 Å². The number of nitrogens with zero attached hydrogens (tertiary/aromatic N) is 4. The number of carbonyl (C=O) groups excluding carboxylic acids is 2. The van der Waals surface area contributed by atoms with Crippen LogP contribution in [-0.4, -0.2) is 39.9 Å². The van der Waals surface area contributed by atoms with Gasteiger partial charge in [-0.25, -0.2) is 24.1 Å². The van der Waals surface area contributed by atoms with E-state index in [2.05, 4.69) is 48.1 Å². The van der Waals surface area contributed by atoms with E-state index >= 15 is 0 Å². The van der Waals surface area contributed by atoms with Crippen LogP contribution in [0.2, 0.25) is 0 Å². The molecule has 0 aliphatic carbocycles. The summed E-state index contributed by atoms with van der Waals surface area (Å²) in [7, 11) is 0. The summed E-state index contributed by atoms with van der Waals surface area (Å²) in [4.78, 5) is 40.8. The van der Waals surface area contributed by atoms with E-state index in [0.29, 0.717) is 53.9 Å². The molecule has 9 nitrogen and oxygen atoms in total. The van der Waals surface area contributed by atoms with Gasteiger partial charge in [-0.2, -0.15) is 0 Å². The summed E-state index contributed by atoms with van der Waals surface area (Å²) in [5.74, 6) is 0.596. The predicted molar refractivity (Wildman–Crippen MR) is 183 cm³/mol. The molecule has 0 radical (unpaired) electrons. The van der Waals surface area contributed by atoms with E-state index in [-0.39, 0.29) is 5.91 Å². The van der Waals surface area contributed by atoms with Crippen molar-refractivity contribution in [3.05, 3.63) is 94.9 Å². The molecule has 5 aromatic rings. The number of likely N-dealkylation sites (tertiary alicyclic amines) is 1. The lowest BCUT2D eigenvalue weighted by Gasteiger charge is -2.27. The number of hydrogen-bond donors (Lipinski definition) is 2. The van der Waals surface area contributed by atoms with Crippen molar-refractivity contribution < 1.29 is 18.7 Å². The third-order valence-corrected chi connectivity index (χ3v) is 9.78. The average molecular weight is 735 g/mol. The van der Waals surface area contributed by atoms with Gasteiger partial charge in [-0.15, -0.1) is 11.3 Å². The predicted octanol–water partition coefficient (Wildman–Crippen LogP) is 8.48. The number of hydrogen-bond acceptors (Lipinski definition) is 7. The van der Waals surface area contributed by atoms with Crippen molar-refractivity contribution in [3.8, 4) is 11.5 Å². The Labute approximate surface area is 276 Å². The highest BCUT2D eigenvalue weighted by molar-refractivity contribution is 14.1. The Balaban J connectivity index is 1.14. The number of carbonyl (C=O) groups is 2. The van der Waals surface area contributed by atoms with Crippen LogP contribution >= 0.6 is 33.9 Å². The van der Waals surface area contributed by atoms with Crippen LogP contribution in [0.1, 0.15) is 40.1 Å². The molecule has 2 aliphatic rings. The molecule has 45 heavy (non-hydrogen) atoms. The van der Waals surface area contributed by atoms with Crippen LogP contribution < -0.4 is 20.3 Å². The van der Waals surface area contributed by atoms with Crippen LogP contribution in [0.5, 0.6) is 11.5 Å². The number of piperidine rings is 1. The number of thiophene rings is 1. The zero-order valence-corrected chi connectivity index (χ0v) is 27.0. The fourth-order valence-corrected chi connectivity index (χ4v) is 7.27. The molecular weight excluding hydrogens is 706 g/mol. The maximum atomic E-state index is 13.7. The monoisotopic (exact) mass is 734 g/mol. The van der Waals surface area contributed by atoms with E-state index in [0.717, 1.165) is 25.2 Å². The molecule has 2 N–H and O–H groups in total. The molecule has 4 heterocycles. The summed E-state index contributed by atoms with van der Waals surface area (Å²) in [5.41, 5.74) is 3.66. The number of halogens is 2. The van der Waals surface area contributed by atoms with Crippen molar-refractivity contribution in [2.24, 2.45) is 0 Å². The van der Waals surface area contributed by atoms with Gasteiger partial charge in [0.1, 0.15) is 33.4 Å². The Morgan fingerprint density at radius 3 is 2.64 bits per heavy atom. The van der Waals surface area contributed by atoms with E-state index in [1.165, 1.54) is 59.5 Å². The van der Waals surface area contributed by atoms with Crippen molar-refractivity contribution in [1.82, 2.24) is 14.9 Å². The Kier molecular flexibility index (Phi) is 8.34. The third-order valence-electron chi connectivity index (χ3n) is 7.86. The lowest BCUT2D eigenvalue weighted by atomic mass is 10.1. The number of benzene rings is 3. The number of nitrogens with one attached hydrogen (secondary N) is 2. The summed E-state index contributed by atoms with van der Waals surface area (Å²) in [6.45, 7) is 3.15. The number of rotatable bonds is 8. The molecule has 7 rings (SSSR count). The molecule has 0 atom stereocenters. The number of ether oxygens (including phenoxy) is 1. The highest BCUT2D eigenvalue weighted by atomic mass is 127. The van der Waals surface area contributed by atoms with Crippen molar-refractivity contribution in [2.45, 2.75) is 30.2 Å². The quantitative estimate of drug-likeness (QED) is 0.123. The van der Waals surface area contributed by atoms with Crippen LogP contribution in [-0.2, 0) is 11.0 Å². The first-order valence-electron chi connectivity index (χ1n) is 14.6. The number of urea groups is 1. The zero-order valence-electron chi connectivity index (χ0n) is 24.1. The molecule has 3 aromatic carbocycles. The molecule has 3 amide bonds. The van der Waals surface area contributed by atoms with Gasteiger partial charge >= 0.3 is 6.03 Å². The molecule has 0 spiro atoms. The van der Waals surface area contributed by atoms with E-state index in [1.54, 1.807) is 24.3 Å². The standard InChI is InChI=1S/C33H28FIN6O3S/c34-22-5-4-6-25(16-22)44-26-12-11-24(15-21(26)17-35)41-30-27-28(39-33(41)43)29(45-32(27)37-19-36-30)31(42)38-23-9-7-20(8-10-23)18-40-13-2-1-3-14-40/h4-12,15-16,19H,1-3,13-14,17-18H2,(H,38,42)(H,39,43). The molecule has 2 aliphatic heterocycles. The second kappa shape index (κ2) is 12.7. The highest BCUT2D eigenvalue weighted by Crippen LogP contribution is 2.45. The first-order chi connectivity index (χ1) is 22.0. The van der Waals surface area contributed by atoms with E-state index in [9.17, 15) is 14.0 Å². The molecule has 228 valence electrons. The second-order valence-electron chi connectivity index (χ2n) is 10.9. The fraction of sp³-hybridized carbons (Fsp3) is 0.212. The SMILES string of the molecule is O=C(Nc1ccc(CN2CCCCC2)cc1)c1sc2ncnc3c2c1NC(=O)N3c1ccc(Oc2cccc(F)c2)c(CI)c1. The van der Waals surface area contributed by atoms with Gasteiger partial charge in [0.15, 0.2) is 5.82 Å². The Hall–Kier alpha value is -4.14. The molecule has 1 saturated heterocycles. The second-order valence-corrected chi connectivity index (χ2v) is 12.7. The van der Waals surface area contributed by atoms with Gasteiger partial charge in [0.05, 0.1) is 16.8 Å². The Bertz CT molecular complexity index is 1910. The third kappa shape index (κ3) is 6.09. The molecule has 2 aromatic heterocycles. The van der Waals surface area contributed by atoms with Crippen molar-refractivity contribution in [3.63, 3.8) is 0 Å². The molecule has 1 fully saturated rings. The summed E-state index contributed by atoms with van der Waals surface area (Å²) in [6, 6.07) is 18.7. The summed E-state index contributed by atoms with van der Waals surface area (Å²) in [5, 5.41) is 6.49. The van der Waals surface area contributed by atoms with Gasteiger partial charge in [0, 0.05) is 28.3 Å². The molecule has 0 saturated carbocycles. The lowest BCUT2D eigenvalue weighted by molar-refractivity contribution is 0.103. The van der Waals surface area contributed by atoms with Gasteiger partial charge in [-0.05, 0) is 74.0 Å². The highest BCUT2D eigenvalue weighted by Gasteiger charge is 2.34. The Morgan fingerprint density at radius 2 is 1.87 bits per heavy atom. The van der Waals surface area contributed by atoms with E-state index < -0.39 is 11.8 Å². The Morgan fingerprint density at radius 1 is 1.04 bits per heavy atom. The van der Waals surface area contributed by atoms with Crippen LogP contribution in [0.4, 0.5) is 32.1 Å². The maximum absolute atomic E-state index is 13.7. The van der Waals surface area contributed by atoms with Crippen LogP contribution in [0.25, 0.3) is 10.2 Å². The van der Waals surface area contributed by atoms with Gasteiger partial charge in [-0.1, -0.05) is 47.2 Å².